The molecule has 4 rings (SSSR count). The van der Waals surface area contributed by atoms with Gasteiger partial charge in [0.2, 0.25) is 5.91 Å². The SMILES string of the molecule is O=C(CN1C(=O)c2ccccc2C1=O)N1CCC(n2cccc2)CC1. The lowest BCUT2D eigenvalue weighted by Gasteiger charge is -2.33. The molecule has 128 valence electrons. The molecular weight excluding hydrogens is 318 g/mol. The predicted octanol–water partition coefficient (Wildman–Crippen LogP) is 1.95. The number of carbonyl (C=O) groups excluding carboxylic acids is 3. The molecule has 0 radical (unpaired) electrons. The van der Waals surface area contributed by atoms with Crippen molar-refractivity contribution in [3.8, 4) is 0 Å². The number of nitrogens with zero attached hydrogens (tertiary/aromatic N) is 3. The van der Waals surface area contributed by atoms with E-state index >= 15 is 0 Å². The van der Waals surface area contributed by atoms with E-state index in [1.54, 1.807) is 29.2 Å². The summed E-state index contributed by atoms with van der Waals surface area (Å²) in [5.74, 6) is -0.923. The summed E-state index contributed by atoms with van der Waals surface area (Å²) in [5, 5.41) is 0. The molecular formula is C19H19N3O3. The smallest absolute Gasteiger partial charge is 0.262 e. The molecule has 0 saturated carbocycles. The third kappa shape index (κ3) is 2.73. The summed E-state index contributed by atoms with van der Waals surface area (Å²) in [4.78, 5) is 40.1. The Bertz CT molecular complexity index is 785. The summed E-state index contributed by atoms with van der Waals surface area (Å²) in [6.45, 7) is 1.11. The molecule has 3 heterocycles. The number of amides is 3. The van der Waals surface area contributed by atoms with E-state index in [0.29, 0.717) is 30.3 Å². The minimum absolute atomic E-state index is 0.166. The van der Waals surface area contributed by atoms with Gasteiger partial charge in [-0.2, -0.15) is 0 Å². The molecule has 6 nitrogen and oxygen atoms in total. The Kier molecular flexibility index (Phi) is 3.87. The summed E-state index contributed by atoms with van der Waals surface area (Å²) in [6, 6.07) is 11.1. The number of imide groups is 1. The summed E-state index contributed by atoms with van der Waals surface area (Å²) in [5.41, 5.74) is 0.762. The maximum Gasteiger partial charge on any atom is 0.262 e. The first-order valence-electron chi connectivity index (χ1n) is 8.50. The van der Waals surface area contributed by atoms with Crippen molar-refractivity contribution < 1.29 is 14.4 Å². The summed E-state index contributed by atoms with van der Waals surface area (Å²) < 4.78 is 2.17. The molecule has 2 aliphatic rings. The van der Waals surface area contributed by atoms with Gasteiger partial charge in [-0.25, -0.2) is 0 Å². The van der Waals surface area contributed by atoms with Crippen LogP contribution in [0.4, 0.5) is 0 Å². The topological polar surface area (TPSA) is 62.6 Å². The van der Waals surface area contributed by atoms with Crippen LogP contribution in [0.1, 0.15) is 39.6 Å². The van der Waals surface area contributed by atoms with Crippen LogP contribution < -0.4 is 0 Å². The van der Waals surface area contributed by atoms with E-state index in [0.717, 1.165) is 17.7 Å². The molecule has 0 bridgehead atoms. The van der Waals surface area contributed by atoms with Crippen LogP contribution in [-0.2, 0) is 4.79 Å². The second-order valence-corrected chi connectivity index (χ2v) is 6.48. The van der Waals surface area contributed by atoms with E-state index < -0.39 is 0 Å². The van der Waals surface area contributed by atoms with Gasteiger partial charge in [0, 0.05) is 31.5 Å². The minimum atomic E-state index is -0.379. The van der Waals surface area contributed by atoms with E-state index in [4.69, 9.17) is 0 Å². The van der Waals surface area contributed by atoms with Gasteiger partial charge in [-0.15, -0.1) is 0 Å². The average molecular weight is 337 g/mol. The average Bonchev–Trinajstić information content (AvgIpc) is 3.26. The first kappa shape index (κ1) is 15.6. The van der Waals surface area contributed by atoms with Crippen LogP contribution in [0.25, 0.3) is 0 Å². The Balaban J connectivity index is 1.39. The highest BCUT2D eigenvalue weighted by Crippen LogP contribution is 2.25. The maximum absolute atomic E-state index is 12.6. The predicted molar refractivity (Wildman–Crippen MR) is 91.1 cm³/mol. The number of carbonyl (C=O) groups is 3. The largest absolute Gasteiger partial charge is 0.351 e. The van der Waals surface area contributed by atoms with Gasteiger partial charge >= 0.3 is 0 Å². The van der Waals surface area contributed by atoms with Gasteiger partial charge in [-0.05, 0) is 37.1 Å². The molecule has 1 aromatic heterocycles. The molecule has 3 amide bonds. The van der Waals surface area contributed by atoms with Crippen molar-refractivity contribution >= 4 is 17.7 Å². The zero-order valence-electron chi connectivity index (χ0n) is 13.8. The van der Waals surface area contributed by atoms with E-state index in [1.165, 1.54) is 0 Å². The zero-order chi connectivity index (χ0) is 17.4. The molecule has 0 spiro atoms. The van der Waals surface area contributed by atoms with Gasteiger partial charge in [0.15, 0.2) is 0 Å². The van der Waals surface area contributed by atoms with Crippen molar-refractivity contribution in [1.29, 1.82) is 0 Å². The van der Waals surface area contributed by atoms with Crippen molar-refractivity contribution in [2.24, 2.45) is 0 Å². The first-order valence-corrected chi connectivity index (χ1v) is 8.50. The van der Waals surface area contributed by atoms with Crippen molar-refractivity contribution in [3.63, 3.8) is 0 Å². The fraction of sp³-hybridized carbons (Fsp3) is 0.316. The molecule has 1 aromatic carbocycles. The summed E-state index contributed by atoms with van der Waals surface area (Å²) in [7, 11) is 0. The first-order chi connectivity index (χ1) is 12.1. The van der Waals surface area contributed by atoms with Gasteiger partial charge in [0.05, 0.1) is 11.1 Å². The van der Waals surface area contributed by atoms with Crippen molar-refractivity contribution in [2.75, 3.05) is 19.6 Å². The monoisotopic (exact) mass is 337 g/mol. The third-order valence-electron chi connectivity index (χ3n) is 5.04. The van der Waals surface area contributed by atoms with Crippen molar-refractivity contribution in [2.45, 2.75) is 18.9 Å². The maximum atomic E-state index is 12.6. The van der Waals surface area contributed by atoms with Crippen LogP contribution in [-0.4, -0.2) is 51.7 Å². The number of hydrogen-bond donors (Lipinski definition) is 0. The highest BCUT2D eigenvalue weighted by Gasteiger charge is 2.37. The Labute approximate surface area is 145 Å². The Morgan fingerprint density at radius 2 is 1.48 bits per heavy atom. The lowest BCUT2D eigenvalue weighted by atomic mass is 10.0. The molecule has 0 N–H and O–H groups in total. The van der Waals surface area contributed by atoms with Crippen LogP contribution in [0, 0.1) is 0 Å². The fourth-order valence-corrected chi connectivity index (χ4v) is 3.62. The van der Waals surface area contributed by atoms with E-state index in [1.807, 2.05) is 24.5 Å². The highest BCUT2D eigenvalue weighted by atomic mass is 16.2. The minimum Gasteiger partial charge on any atom is -0.351 e. The number of piperidine rings is 1. The van der Waals surface area contributed by atoms with Gasteiger partial charge in [0.1, 0.15) is 6.54 Å². The molecule has 0 aliphatic carbocycles. The molecule has 0 atom stereocenters. The van der Waals surface area contributed by atoms with Gasteiger partial charge in [-0.1, -0.05) is 12.1 Å². The highest BCUT2D eigenvalue weighted by molar-refractivity contribution is 6.22. The van der Waals surface area contributed by atoms with E-state index in [2.05, 4.69) is 4.57 Å². The number of likely N-dealkylation sites (tertiary alicyclic amines) is 1. The molecule has 25 heavy (non-hydrogen) atoms. The van der Waals surface area contributed by atoms with Crippen LogP contribution in [0.3, 0.4) is 0 Å². The fourth-order valence-electron chi connectivity index (χ4n) is 3.62. The summed E-state index contributed by atoms with van der Waals surface area (Å²) >= 11 is 0. The van der Waals surface area contributed by atoms with Crippen LogP contribution in [0.2, 0.25) is 0 Å². The standard InChI is InChI=1S/C19H19N3O3/c23-17(21-11-7-14(8-12-21)20-9-3-4-10-20)13-22-18(24)15-5-1-2-6-16(15)19(22)25/h1-6,9-10,14H,7-8,11-13H2. The quantitative estimate of drug-likeness (QED) is 0.804. The molecule has 2 aromatic rings. The molecule has 6 heteroatoms. The van der Waals surface area contributed by atoms with Crippen LogP contribution >= 0.6 is 0 Å². The van der Waals surface area contributed by atoms with Crippen LogP contribution in [0.15, 0.2) is 48.8 Å². The number of hydrogen-bond acceptors (Lipinski definition) is 3. The van der Waals surface area contributed by atoms with Crippen LogP contribution in [0.5, 0.6) is 0 Å². The lowest BCUT2D eigenvalue weighted by Crippen LogP contribution is -2.45. The Morgan fingerprint density at radius 1 is 0.920 bits per heavy atom. The molecule has 1 saturated heterocycles. The van der Waals surface area contributed by atoms with E-state index in [9.17, 15) is 14.4 Å². The Hall–Kier alpha value is -2.89. The second kappa shape index (κ2) is 6.20. The van der Waals surface area contributed by atoms with E-state index in [-0.39, 0.29) is 24.3 Å². The normalized spacial score (nSPS) is 17.9. The third-order valence-corrected chi connectivity index (χ3v) is 5.04. The van der Waals surface area contributed by atoms with Gasteiger partial charge in [0.25, 0.3) is 11.8 Å². The number of benzene rings is 1. The molecule has 2 aliphatic heterocycles. The van der Waals surface area contributed by atoms with Crippen molar-refractivity contribution in [3.05, 3.63) is 59.9 Å². The van der Waals surface area contributed by atoms with Gasteiger partial charge in [-0.3, -0.25) is 19.3 Å². The zero-order valence-corrected chi connectivity index (χ0v) is 13.8. The Morgan fingerprint density at radius 3 is 2.04 bits per heavy atom. The molecule has 0 unspecified atom stereocenters. The lowest BCUT2D eigenvalue weighted by molar-refractivity contribution is -0.132. The van der Waals surface area contributed by atoms with Crippen molar-refractivity contribution in [1.82, 2.24) is 14.4 Å². The molecule has 1 fully saturated rings. The number of aromatic nitrogens is 1. The second-order valence-electron chi connectivity index (χ2n) is 6.48. The summed E-state index contributed by atoms with van der Waals surface area (Å²) in [6.07, 6.45) is 5.84. The van der Waals surface area contributed by atoms with Gasteiger partial charge < -0.3 is 9.47 Å². The number of rotatable bonds is 3. The number of fused-ring (bicyclic) bond motifs is 1.